The lowest BCUT2D eigenvalue weighted by Gasteiger charge is -2.30. The maximum atomic E-state index is 9.72. The smallest absolute Gasteiger partial charge is 0.152 e. The largest absolute Gasteiger partial charge is 0.383 e. The Morgan fingerprint density at radius 1 is 1.31 bits per heavy atom. The number of hydrogen-bond donors (Lipinski definition) is 2. The minimum Gasteiger partial charge on any atom is -0.383 e. The van der Waals surface area contributed by atoms with Gasteiger partial charge in [0.05, 0.1) is 28.8 Å². The van der Waals surface area contributed by atoms with Gasteiger partial charge in [-0.25, -0.2) is 15.0 Å². The molecule has 0 amide bonds. The van der Waals surface area contributed by atoms with Crippen molar-refractivity contribution < 1.29 is 9.47 Å². The molecule has 1 atom stereocenters. The first-order valence-electron chi connectivity index (χ1n) is 12.7. The minimum atomic E-state index is -0.427. The van der Waals surface area contributed by atoms with Gasteiger partial charge in [0.1, 0.15) is 5.82 Å². The molecule has 0 unspecified atom stereocenters. The number of hydrogen-bond acceptors (Lipinski definition) is 8. The molecular weight excluding hydrogens is 476 g/mol. The summed E-state index contributed by atoms with van der Waals surface area (Å²) in [5, 5.41) is 17.2. The van der Waals surface area contributed by atoms with Gasteiger partial charge in [0.25, 0.3) is 0 Å². The van der Waals surface area contributed by atoms with Crippen molar-refractivity contribution in [3.63, 3.8) is 0 Å². The van der Waals surface area contributed by atoms with E-state index in [1.807, 2.05) is 24.3 Å². The van der Waals surface area contributed by atoms with Crippen LogP contribution in [0, 0.1) is 16.7 Å². The Morgan fingerprint density at radius 2 is 2.08 bits per heavy atom. The fourth-order valence-corrected chi connectivity index (χ4v) is 5.01. The quantitative estimate of drug-likeness (QED) is 0.479. The predicted molar refractivity (Wildman–Crippen MR) is 143 cm³/mol. The van der Waals surface area contributed by atoms with E-state index in [9.17, 15) is 5.26 Å². The first-order chi connectivity index (χ1) is 17.5. The summed E-state index contributed by atoms with van der Waals surface area (Å²) in [6.07, 6.45) is 7.08. The minimum absolute atomic E-state index is 0.346. The van der Waals surface area contributed by atoms with Crippen LogP contribution >= 0.6 is 11.6 Å². The second kappa shape index (κ2) is 12.6. The van der Waals surface area contributed by atoms with Crippen LogP contribution in [0.25, 0.3) is 11.3 Å². The predicted octanol–water partition coefficient (Wildman–Crippen LogP) is 5.17. The third kappa shape index (κ3) is 7.01. The fraction of sp³-hybridized carbons (Fsp3) is 0.556. The molecule has 9 heteroatoms. The van der Waals surface area contributed by atoms with Crippen molar-refractivity contribution in [1.82, 2.24) is 15.3 Å². The van der Waals surface area contributed by atoms with Crippen molar-refractivity contribution in [2.24, 2.45) is 10.4 Å². The van der Waals surface area contributed by atoms with Crippen LogP contribution in [0.1, 0.15) is 45.4 Å². The molecule has 1 aliphatic heterocycles. The van der Waals surface area contributed by atoms with E-state index in [0.29, 0.717) is 55.1 Å². The fourth-order valence-electron chi connectivity index (χ4n) is 4.81. The Morgan fingerprint density at radius 3 is 2.81 bits per heavy atom. The van der Waals surface area contributed by atoms with Gasteiger partial charge in [0, 0.05) is 56.4 Å². The van der Waals surface area contributed by atoms with Crippen molar-refractivity contribution >= 4 is 28.9 Å². The molecule has 4 rings (SSSR count). The molecule has 2 N–H and O–H groups in total. The highest BCUT2D eigenvalue weighted by molar-refractivity contribution is 6.33. The van der Waals surface area contributed by atoms with Crippen LogP contribution in [0.3, 0.4) is 0 Å². The number of methoxy groups -OCH3 is 1. The summed E-state index contributed by atoms with van der Waals surface area (Å²) in [7, 11) is 1.73. The number of ether oxygens (including phenoxy) is 2. The molecule has 2 fully saturated rings. The number of halogens is 1. The number of rotatable bonds is 9. The highest BCUT2D eigenvalue weighted by atomic mass is 35.5. The Bertz CT molecular complexity index is 1090. The van der Waals surface area contributed by atoms with Gasteiger partial charge in [-0.3, -0.25) is 0 Å². The lowest BCUT2D eigenvalue weighted by Crippen LogP contribution is -2.41. The molecule has 2 aromatic rings. The van der Waals surface area contributed by atoms with Crippen LogP contribution in [-0.4, -0.2) is 61.2 Å². The topological polar surface area (TPSA) is 104 Å². The first kappa shape index (κ1) is 26.5. The van der Waals surface area contributed by atoms with Crippen LogP contribution < -0.4 is 10.6 Å². The molecule has 192 valence electrons. The van der Waals surface area contributed by atoms with Gasteiger partial charge in [-0.1, -0.05) is 17.7 Å². The number of anilines is 1. The zero-order valence-corrected chi connectivity index (χ0v) is 21.9. The molecule has 2 aromatic heterocycles. The third-order valence-corrected chi connectivity index (χ3v) is 7.23. The Labute approximate surface area is 218 Å². The standard InChI is InChI=1S/C27H35ClN6O2/c1-19(16-35-2)32-20-6-8-21(9-7-20)33-26-14-22(23(28)15-30-26)24-4-3-5-25(34-24)31-18-27(17-29)10-12-36-13-11-27/h3-5,14-15,19-20,32H,6-13,16,18H2,1-2H3,(H,31,34)/t19-,20?/m1/s1. The van der Waals surface area contributed by atoms with Crippen molar-refractivity contribution in [1.29, 1.82) is 5.26 Å². The maximum Gasteiger partial charge on any atom is 0.152 e. The number of aliphatic imine (C=N–C) groups is 1. The molecule has 1 saturated carbocycles. The van der Waals surface area contributed by atoms with Crippen molar-refractivity contribution in [3.8, 4) is 17.3 Å². The highest BCUT2D eigenvalue weighted by Crippen LogP contribution is 2.32. The zero-order chi connectivity index (χ0) is 25.4. The second-order valence-electron chi connectivity index (χ2n) is 9.76. The van der Waals surface area contributed by atoms with Gasteiger partial charge >= 0.3 is 0 Å². The van der Waals surface area contributed by atoms with Crippen molar-refractivity contribution in [2.75, 3.05) is 38.8 Å². The summed E-state index contributed by atoms with van der Waals surface area (Å²) in [4.78, 5) is 14.0. The molecule has 2 aliphatic rings. The molecule has 1 saturated heterocycles. The molecule has 0 bridgehead atoms. The Balaban J connectivity index is 1.42. The lowest BCUT2D eigenvalue weighted by molar-refractivity contribution is 0.0455. The van der Waals surface area contributed by atoms with Crippen molar-refractivity contribution in [2.45, 2.75) is 57.5 Å². The van der Waals surface area contributed by atoms with E-state index in [1.165, 1.54) is 0 Å². The normalized spacial score (nSPS) is 20.4. The first-order valence-corrected chi connectivity index (χ1v) is 13.1. The summed E-state index contributed by atoms with van der Waals surface area (Å²) in [6, 6.07) is 11.0. The molecule has 0 spiro atoms. The molecular formula is C27H35ClN6O2. The van der Waals surface area contributed by atoms with Crippen LogP contribution in [0.5, 0.6) is 0 Å². The van der Waals surface area contributed by atoms with E-state index in [-0.39, 0.29) is 0 Å². The maximum absolute atomic E-state index is 9.72. The number of pyridine rings is 2. The number of aromatic nitrogens is 2. The summed E-state index contributed by atoms with van der Waals surface area (Å²) in [5.74, 6) is 1.36. The summed E-state index contributed by atoms with van der Waals surface area (Å²) in [6.45, 7) is 4.63. The van der Waals surface area contributed by atoms with Gasteiger partial charge in [-0.15, -0.1) is 0 Å². The van der Waals surface area contributed by atoms with E-state index in [2.05, 4.69) is 28.6 Å². The lowest BCUT2D eigenvalue weighted by atomic mass is 9.82. The number of nitrogens with zero attached hydrogens (tertiary/aromatic N) is 4. The molecule has 8 nitrogen and oxygen atoms in total. The Kier molecular flexibility index (Phi) is 9.27. The highest BCUT2D eigenvalue weighted by Gasteiger charge is 2.32. The van der Waals surface area contributed by atoms with Gasteiger partial charge in [0.2, 0.25) is 0 Å². The summed E-state index contributed by atoms with van der Waals surface area (Å²) < 4.78 is 10.7. The van der Waals surface area contributed by atoms with Gasteiger partial charge in [-0.2, -0.15) is 5.26 Å². The van der Waals surface area contributed by atoms with E-state index in [1.54, 1.807) is 13.3 Å². The second-order valence-corrected chi connectivity index (χ2v) is 10.2. The van der Waals surface area contributed by atoms with Crippen LogP contribution in [0.4, 0.5) is 11.6 Å². The molecule has 0 radical (unpaired) electrons. The molecule has 0 aromatic carbocycles. The van der Waals surface area contributed by atoms with Crippen LogP contribution in [0.15, 0.2) is 35.5 Å². The van der Waals surface area contributed by atoms with E-state index >= 15 is 0 Å². The average Bonchev–Trinajstić information content (AvgIpc) is 2.90. The van der Waals surface area contributed by atoms with Crippen LogP contribution in [-0.2, 0) is 9.47 Å². The SMILES string of the molecule is COC[C@@H](C)NC1CCC(=Nc2cc(-c3cccc(NCC4(C#N)CCOCC4)n3)c(Cl)cn2)CC1. The average molecular weight is 511 g/mol. The van der Waals surface area contributed by atoms with E-state index in [4.69, 9.17) is 31.1 Å². The number of nitrogens with one attached hydrogen (secondary N) is 2. The molecule has 1 aliphatic carbocycles. The van der Waals surface area contributed by atoms with Crippen LogP contribution in [0.2, 0.25) is 5.02 Å². The van der Waals surface area contributed by atoms with Gasteiger partial charge in [0.15, 0.2) is 5.82 Å². The van der Waals surface area contributed by atoms with E-state index in [0.717, 1.165) is 55.5 Å². The Hall–Kier alpha value is -2.57. The van der Waals surface area contributed by atoms with Gasteiger partial charge in [-0.05, 0) is 63.6 Å². The third-order valence-electron chi connectivity index (χ3n) is 6.93. The molecule has 36 heavy (non-hydrogen) atoms. The summed E-state index contributed by atoms with van der Waals surface area (Å²) in [5.41, 5.74) is 2.27. The summed E-state index contributed by atoms with van der Waals surface area (Å²) >= 11 is 6.52. The number of nitriles is 1. The zero-order valence-electron chi connectivity index (χ0n) is 21.1. The van der Waals surface area contributed by atoms with E-state index < -0.39 is 5.41 Å². The van der Waals surface area contributed by atoms with Gasteiger partial charge < -0.3 is 20.1 Å². The molecule has 3 heterocycles. The monoisotopic (exact) mass is 510 g/mol. The van der Waals surface area contributed by atoms with Crippen molar-refractivity contribution in [3.05, 3.63) is 35.5 Å².